The summed E-state index contributed by atoms with van der Waals surface area (Å²) in [6, 6.07) is 3.10. The van der Waals surface area contributed by atoms with Gasteiger partial charge in [-0.15, -0.1) is 0 Å². The highest BCUT2D eigenvalue weighted by molar-refractivity contribution is 7.89. The Hall–Kier alpha value is -1.18. The highest BCUT2D eigenvalue weighted by Gasteiger charge is 2.28. The molecular formula is C12H19N3O3S. The molecule has 2 unspecified atom stereocenters. The molecule has 1 aliphatic rings. The molecule has 7 heteroatoms. The van der Waals surface area contributed by atoms with Crippen LogP contribution in [0.1, 0.15) is 19.8 Å². The first kappa shape index (κ1) is 14.2. The van der Waals surface area contributed by atoms with E-state index in [9.17, 15) is 8.42 Å². The van der Waals surface area contributed by atoms with Gasteiger partial charge in [-0.05, 0) is 31.9 Å². The number of nitrogens with one attached hydrogen (secondary N) is 2. The molecule has 2 N–H and O–H groups in total. The maximum absolute atomic E-state index is 12.3. The van der Waals surface area contributed by atoms with Gasteiger partial charge in [0.25, 0.3) is 10.0 Å². The maximum Gasteiger partial charge on any atom is 0.260 e. The van der Waals surface area contributed by atoms with Crippen molar-refractivity contribution in [1.29, 1.82) is 0 Å². The van der Waals surface area contributed by atoms with Crippen LogP contribution in [-0.2, 0) is 14.8 Å². The van der Waals surface area contributed by atoms with Crippen LogP contribution in [0.4, 0.5) is 5.69 Å². The Balaban J connectivity index is 2.17. The van der Waals surface area contributed by atoms with Crippen molar-refractivity contribution in [2.45, 2.75) is 36.9 Å². The summed E-state index contributed by atoms with van der Waals surface area (Å²) in [6.45, 7) is 2.51. The van der Waals surface area contributed by atoms with E-state index in [0.29, 0.717) is 12.3 Å². The van der Waals surface area contributed by atoms with E-state index < -0.39 is 10.0 Å². The summed E-state index contributed by atoms with van der Waals surface area (Å²) in [7, 11) is -1.98. The van der Waals surface area contributed by atoms with Crippen molar-refractivity contribution < 1.29 is 13.2 Å². The van der Waals surface area contributed by atoms with E-state index in [2.05, 4.69) is 15.0 Å². The Morgan fingerprint density at radius 2 is 2.32 bits per heavy atom. The number of rotatable bonds is 5. The predicted molar refractivity (Wildman–Crippen MR) is 72.5 cm³/mol. The van der Waals surface area contributed by atoms with Crippen molar-refractivity contribution >= 4 is 15.7 Å². The monoisotopic (exact) mass is 285 g/mol. The van der Waals surface area contributed by atoms with E-state index in [1.165, 1.54) is 6.20 Å². The lowest BCUT2D eigenvalue weighted by atomic mass is 10.1. The number of ether oxygens (including phenoxy) is 1. The van der Waals surface area contributed by atoms with Crippen LogP contribution >= 0.6 is 0 Å². The smallest absolute Gasteiger partial charge is 0.260 e. The molecule has 2 atom stereocenters. The van der Waals surface area contributed by atoms with Crippen LogP contribution < -0.4 is 10.0 Å². The summed E-state index contributed by atoms with van der Waals surface area (Å²) in [4.78, 5) is 3.95. The topological polar surface area (TPSA) is 80.3 Å². The molecule has 1 fully saturated rings. The highest BCUT2D eigenvalue weighted by atomic mass is 32.2. The quantitative estimate of drug-likeness (QED) is 0.842. The van der Waals surface area contributed by atoms with E-state index in [-0.39, 0.29) is 17.2 Å². The molecule has 1 aliphatic heterocycles. The molecule has 0 amide bonds. The van der Waals surface area contributed by atoms with Gasteiger partial charge in [0.05, 0.1) is 11.8 Å². The first-order valence-corrected chi connectivity index (χ1v) is 7.79. The van der Waals surface area contributed by atoms with Crippen molar-refractivity contribution in [1.82, 2.24) is 9.71 Å². The zero-order valence-corrected chi connectivity index (χ0v) is 11.9. The molecule has 0 bridgehead atoms. The molecule has 2 heterocycles. The molecule has 6 nitrogen and oxygen atoms in total. The van der Waals surface area contributed by atoms with E-state index in [1.54, 1.807) is 19.2 Å². The van der Waals surface area contributed by atoms with E-state index in [1.807, 2.05) is 6.92 Å². The molecule has 0 aliphatic carbocycles. The van der Waals surface area contributed by atoms with Crippen LogP contribution in [0, 0.1) is 0 Å². The second-order valence-corrected chi connectivity index (χ2v) is 6.20. The van der Waals surface area contributed by atoms with Gasteiger partial charge in [0.1, 0.15) is 0 Å². The first-order valence-electron chi connectivity index (χ1n) is 6.31. The summed E-state index contributed by atoms with van der Waals surface area (Å²) >= 11 is 0. The van der Waals surface area contributed by atoms with Crippen molar-refractivity contribution in [2.75, 3.05) is 19.0 Å². The third kappa shape index (κ3) is 3.23. The molecule has 1 saturated heterocycles. The second kappa shape index (κ2) is 5.85. The minimum atomic E-state index is -3.64. The Kier molecular flexibility index (Phi) is 4.38. The van der Waals surface area contributed by atoms with Gasteiger partial charge in [-0.2, -0.15) is 0 Å². The number of aromatic nitrogens is 1. The fourth-order valence-electron chi connectivity index (χ4n) is 2.17. The summed E-state index contributed by atoms with van der Waals surface area (Å²) < 4.78 is 32.7. The van der Waals surface area contributed by atoms with Crippen LogP contribution in [0.3, 0.4) is 0 Å². The van der Waals surface area contributed by atoms with Crippen LogP contribution in [0.15, 0.2) is 23.4 Å². The van der Waals surface area contributed by atoms with E-state index >= 15 is 0 Å². The molecule has 0 aromatic carbocycles. The maximum atomic E-state index is 12.3. The lowest BCUT2D eigenvalue weighted by Gasteiger charge is -2.20. The Morgan fingerprint density at radius 3 is 2.95 bits per heavy atom. The normalized spacial score (nSPS) is 21.3. The van der Waals surface area contributed by atoms with Gasteiger partial charge in [0.15, 0.2) is 5.03 Å². The molecule has 19 heavy (non-hydrogen) atoms. The fraction of sp³-hybridized carbons (Fsp3) is 0.583. The van der Waals surface area contributed by atoms with Gasteiger partial charge in [-0.1, -0.05) is 0 Å². The van der Waals surface area contributed by atoms with Crippen molar-refractivity contribution in [3.63, 3.8) is 0 Å². The van der Waals surface area contributed by atoms with Crippen LogP contribution in [0.2, 0.25) is 0 Å². The number of hydrogen-bond acceptors (Lipinski definition) is 5. The number of pyridine rings is 1. The predicted octanol–water partition coefficient (Wildman–Crippen LogP) is 0.969. The minimum absolute atomic E-state index is 0.0161. The Morgan fingerprint density at radius 1 is 1.53 bits per heavy atom. The SMILES string of the molecule is CNc1cccnc1S(=O)(=O)NC(C)C1CCCO1. The number of sulfonamides is 1. The zero-order valence-electron chi connectivity index (χ0n) is 11.1. The van der Waals surface area contributed by atoms with Crippen LogP contribution in [-0.4, -0.2) is 39.2 Å². The number of nitrogens with zero attached hydrogens (tertiary/aromatic N) is 1. The lowest BCUT2D eigenvalue weighted by molar-refractivity contribution is 0.0902. The van der Waals surface area contributed by atoms with E-state index in [0.717, 1.165) is 12.8 Å². The largest absolute Gasteiger partial charge is 0.386 e. The van der Waals surface area contributed by atoms with Gasteiger partial charge in [0.2, 0.25) is 0 Å². The second-order valence-electron chi connectivity index (χ2n) is 4.57. The average Bonchev–Trinajstić information content (AvgIpc) is 2.92. The van der Waals surface area contributed by atoms with Gasteiger partial charge < -0.3 is 10.1 Å². The van der Waals surface area contributed by atoms with Gasteiger partial charge in [0, 0.05) is 25.9 Å². The van der Waals surface area contributed by atoms with Crippen molar-refractivity contribution in [2.24, 2.45) is 0 Å². The van der Waals surface area contributed by atoms with Gasteiger partial charge in [-0.25, -0.2) is 18.1 Å². The fourth-order valence-corrected chi connectivity index (χ4v) is 3.58. The average molecular weight is 285 g/mol. The van der Waals surface area contributed by atoms with Crippen molar-refractivity contribution in [3.05, 3.63) is 18.3 Å². The highest BCUT2D eigenvalue weighted by Crippen LogP contribution is 2.20. The molecule has 1 aromatic rings. The lowest BCUT2D eigenvalue weighted by Crippen LogP contribution is -2.41. The van der Waals surface area contributed by atoms with E-state index in [4.69, 9.17) is 4.74 Å². The summed E-state index contributed by atoms with van der Waals surface area (Å²) in [5.41, 5.74) is 0.481. The standard InChI is InChI=1S/C12H19N3O3S/c1-9(11-6-4-8-18-11)15-19(16,17)12-10(13-2)5-3-7-14-12/h3,5,7,9,11,13,15H,4,6,8H2,1-2H3. The Labute approximate surface area is 113 Å². The molecule has 2 rings (SSSR count). The minimum Gasteiger partial charge on any atom is -0.386 e. The summed E-state index contributed by atoms with van der Waals surface area (Å²) in [6.07, 6.45) is 3.26. The molecule has 106 valence electrons. The number of hydrogen-bond donors (Lipinski definition) is 2. The van der Waals surface area contributed by atoms with Crippen LogP contribution in [0.25, 0.3) is 0 Å². The Bertz CT molecular complexity index is 527. The molecule has 0 spiro atoms. The third-order valence-corrected chi connectivity index (χ3v) is 4.68. The molecule has 1 aromatic heterocycles. The van der Waals surface area contributed by atoms with Gasteiger partial charge in [-0.3, -0.25) is 0 Å². The summed E-state index contributed by atoms with van der Waals surface area (Å²) in [5, 5.41) is 2.85. The third-order valence-electron chi connectivity index (χ3n) is 3.16. The van der Waals surface area contributed by atoms with Gasteiger partial charge >= 0.3 is 0 Å². The van der Waals surface area contributed by atoms with Crippen molar-refractivity contribution in [3.8, 4) is 0 Å². The summed E-state index contributed by atoms with van der Waals surface area (Å²) in [5.74, 6) is 0. The molecular weight excluding hydrogens is 266 g/mol. The molecule has 0 radical (unpaired) electrons. The molecule has 0 saturated carbocycles. The first-order chi connectivity index (χ1) is 9.04. The van der Waals surface area contributed by atoms with Crippen LogP contribution in [0.5, 0.6) is 0 Å². The zero-order chi connectivity index (χ0) is 13.9. The number of anilines is 1.